The summed E-state index contributed by atoms with van der Waals surface area (Å²) in [6.07, 6.45) is 0. The topological polar surface area (TPSA) is 46.5 Å². The highest BCUT2D eigenvalue weighted by molar-refractivity contribution is 7.99. The molecule has 0 aliphatic heterocycles. The molecule has 0 aromatic heterocycles. The van der Waals surface area contributed by atoms with Crippen LogP contribution in [0.15, 0.2) is 52.3 Å². The lowest BCUT2D eigenvalue weighted by atomic mass is 10.2. The van der Waals surface area contributed by atoms with Crippen LogP contribution in [0.2, 0.25) is 0 Å². The molecule has 0 bridgehead atoms. The number of carbonyl (C=O) groups is 1. The van der Waals surface area contributed by atoms with E-state index in [1.54, 1.807) is 31.4 Å². The van der Waals surface area contributed by atoms with Gasteiger partial charge in [0.15, 0.2) is 0 Å². The molecule has 5 heteroatoms. The highest BCUT2D eigenvalue weighted by Gasteiger charge is 2.15. The maximum absolute atomic E-state index is 13.7. The molecule has 0 fully saturated rings. The number of ether oxygens (including phenoxy) is 1. The number of carboxylic acid groups (broad SMARTS) is 1. The molecule has 0 atom stereocenters. The van der Waals surface area contributed by atoms with Crippen molar-refractivity contribution in [2.75, 3.05) is 7.11 Å². The van der Waals surface area contributed by atoms with E-state index in [2.05, 4.69) is 0 Å². The molecule has 19 heavy (non-hydrogen) atoms. The monoisotopic (exact) mass is 278 g/mol. The van der Waals surface area contributed by atoms with Crippen LogP contribution in [0.25, 0.3) is 0 Å². The molecule has 3 nitrogen and oxygen atoms in total. The molecule has 0 amide bonds. The fourth-order valence-corrected chi connectivity index (χ4v) is 2.48. The van der Waals surface area contributed by atoms with E-state index in [-0.39, 0.29) is 10.5 Å². The fraction of sp³-hybridized carbons (Fsp3) is 0.0714. The van der Waals surface area contributed by atoms with E-state index in [1.165, 1.54) is 18.2 Å². The first-order chi connectivity index (χ1) is 9.11. The minimum absolute atomic E-state index is 0.0409. The van der Waals surface area contributed by atoms with Gasteiger partial charge >= 0.3 is 5.97 Å². The van der Waals surface area contributed by atoms with Crippen LogP contribution in [0.4, 0.5) is 4.39 Å². The molecule has 0 heterocycles. The van der Waals surface area contributed by atoms with Crippen molar-refractivity contribution in [3.05, 3.63) is 53.8 Å². The summed E-state index contributed by atoms with van der Waals surface area (Å²) in [7, 11) is 1.56. The van der Waals surface area contributed by atoms with Gasteiger partial charge in [-0.25, -0.2) is 9.18 Å². The number of aromatic carboxylic acids is 1. The second-order valence-corrected chi connectivity index (χ2v) is 4.78. The maximum atomic E-state index is 13.7. The smallest absolute Gasteiger partial charge is 0.336 e. The second-order valence-electron chi connectivity index (χ2n) is 3.70. The van der Waals surface area contributed by atoms with Crippen LogP contribution in [0, 0.1) is 5.82 Å². The van der Waals surface area contributed by atoms with E-state index >= 15 is 0 Å². The van der Waals surface area contributed by atoms with Gasteiger partial charge in [-0.2, -0.15) is 0 Å². The third kappa shape index (κ3) is 3.06. The van der Waals surface area contributed by atoms with Gasteiger partial charge < -0.3 is 9.84 Å². The Morgan fingerprint density at radius 2 is 1.89 bits per heavy atom. The van der Waals surface area contributed by atoms with Crippen molar-refractivity contribution in [1.29, 1.82) is 0 Å². The summed E-state index contributed by atoms with van der Waals surface area (Å²) in [5.74, 6) is -0.993. The molecule has 0 unspecified atom stereocenters. The van der Waals surface area contributed by atoms with Gasteiger partial charge in [-0.05, 0) is 36.4 Å². The van der Waals surface area contributed by atoms with Crippen molar-refractivity contribution in [2.24, 2.45) is 0 Å². The van der Waals surface area contributed by atoms with Gasteiger partial charge in [0.2, 0.25) is 0 Å². The summed E-state index contributed by atoms with van der Waals surface area (Å²) < 4.78 is 18.8. The number of hydrogen-bond acceptors (Lipinski definition) is 3. The van der Waals surface area contributed by atoms with Crippen molar-refractivity contribution in [2.45, 2.75) is 9.79 Å². The molecular weight excluding hydrogens is 267 g/mol. The zero-order chi connectivity index (χ0) is 13.8. The average molecular weight is 278 g/mol. The SMILES string of the molecule is COc1ccc(Sc2c(F)cccc2C(=O)O)cc1. The van der Waals surface area contributed by atoms with E-state index < -0.39 is 11.8 Å². The predicted molar refractivity (Wildman–Crippen MR) is 70.5 cm³/mol. The van der Waals surface area contributed by atoms with Gasteiger partial charge in [0.25, 0.3) is 0 Å². The Bertz CT molecular complexity index is 596. The zero-order valence-electron chi connectivity index (χ0n) is 10.1. The van der Waals surface area contributed by atoms with Crippen molar-refractivity contribution < 1.29 is 19.0 Å². The summed E-state index contributed by atoms with van der Waals surface area (Å²) >= 11 is 1.08. The summed E-state index contributed by atoms with van der Waals surface area (Å²) in [5, 5.41) is 9.05. The van der Waals surface area contributed by atoms with Crippen molar-refractivity contribution in [1.82, 2.24) is 0 Å². The summed E-state index contributed by atoms with van der Waals surface area (Å²) in [6.45, 7) is 0. The summed E-state index contributed by atoms with van der Waals surface area (Å²) in [6, 6.07) is 11.0. The summed E-state index contributed by atoms with van der Waals surface area (Å²) in [4.78, 5) is 11.9. The first-order valence-electron chi connectivity index (χ1n) is 5.45. The van der Waals surface area contributed by atoms with Crippen LogP contribution < -0.4 is 4.74 Å². The quantitative estimate of drug-likeness (QED) is 0.926. The molecule has 0 aliphatic carbocycles. The molecule has 1 N–H and O–H groups in total. The van der Waals surface area contributed by atoms with E-state index in [0.29, 0.717) is 5.75 Å². The molecule has 0 aliphatic rings. The van der Waals surface area contributed by atoms with Gasteiger partial charge in [0, 0.05) is 4.90 Å². The van der Waals surface area contributed by atoms with Gasteiger partial charge in [0.1, 0.15) is 11.6 Å². The van der Waals surface area contributed by atoms with Crippen LogP contribution in [0.5, 0.6) is 5.75 Å². The Hall–Kier alpha value is -2.01. The van der Waals surface area contributed by atoms with E-state index in [4.69, 9.17) is 9.84 Å². The average Bonchev–Trinajstić information content (AvgIpc) is 2.41. The van der Waals surface area contributed by atoms with Crippen molar-refractivity contribution in [3.8, 4) is 5.75 Å². The number of carboxylic acids is 1. The van der Waals surface area contributed by atoms with Crippen LogP contribution in [0.1, 0.15) is 10.4 Å². The zero-order valence-corrected chi connectivity index (χ0v) is 10.9. The van der Waals surface area contributed by atoms with E-state index in [1.807, 2.05) is 0 Å². The first kappa shape index (κ1) is 13.4. The highest BCUT2D eigenvalue weighted by atomic mass is 32.2. The third-order valence-electron chi connectivity index (χ3n) is 2.48. The molecule has 98 valence electrons. The number of methoxy groups -OCH3 is 1. The van der Waals surface area contributed by atoms with Crippen molar-refractivity contribution in [3.63, 3.8) is 0 Å². The van der Waals surface area contributed by atoms with Crippen LogP contribution >= 0.6 is 11.8 Å². The Morgan fingerprint density at radius 1 is 1.21 bits per heavy atom. The Morgan fingerprint density at radius 3 is 2.47 bits per heavy atom. The number of rotatable bonds is 4. The minimum Gasteiger partial charge on any atom is -0.497 e. The Balaban J connectivity index is 2.34. The third-order valence-corrected chi connectivity index (χ3v) is 3.60. The predicted octanol–water partition coefficient (Wildman–Crippen LogP) is 3.68. The van der Waals surface area contributed by atoms with Crippen LogP contribution in [-0.4, -0.2) is 18.2 Å². The van der Waals surface area contributed by atoms with Gasteiger partial charge in [-0.15, -0.1) is 0 Å². The summed E-state index contributed by atoms with van der Waals surface area (Å²) in [5.41, 5.74) is -0.0409. The normalized spacial score (nSPS) is 10.2. The standard InChI is InChI=1S/C14H11FO3S/c1-18-9-5-7-10(8-6-9)19-13-11(14(16)17)3-2-4-12(13)15/h2-8H,1H3,(H,16,17). The first-order valence-corrected chi connectivity index (χ1v) is 6.27. The lowest BCUT2D eigenvalue weighted by Gasteiger charge is -2.07. The molecular formula is C14H11FO3S. The van der Waals surface area contributed by atoms with Crippen molar-refractivity contribution >= 4 is 17.7 Å². The molecule has 0 radical (unpaired) electrons. The molecule has 2 aromatic rings. The Kier molecular flexibility index (Phi) is 4.06. The van der Waals surface area contributed by atoms with Gasteiger partial charge in [-0.1, -0.05) is 17.8 Å². The second kappa shape index (κ2) is 5.75. The fourth-order valence-electron chi connectivity index (χ4n) is 1.54. The Labute approximate surface area is 114 Å². The van der Waals surface area contributed by atoms with Gasteiger partial charge in [0.05, 0.1) is 17.6 Å². The largest absolute Gasteiger partial charge is 0.497 e. The minimum atomic E-state index is -1.14. The maximum Gasteiger partial charge on any atom is 0.336 e. The van der Waals surface area contributed by atoms with E-state index in [9.17, 15) is 9.18 Å². The molecule has 2 rings (SSSR count). The lowest BCUT2D eigenvalue weighted by Crippen LogP contribution is -2.00. The number of hydrogen-bond donors (Lipinski definition) is 1. The van der Waals surface area contributed by atoms with Gasteiger partial charge in [-0.3, -0.25) is 0 Å². The molecule has 0 saturated heterocycles. The number of halogens is 1. The number of benzene rings is 2. The highest BCUT2D eigenvalue weighted by Crippen LogP contribution is 2.33. The van der Waals surface area contributed by atoms with Crippen LogP contribution in [0.3, 0.4) is 0 Å². The van der Waals surface area contributed by atoms with E-state index in [0.717, 1.165) is 16.7 Å². The lowest BCUT2D eigenvalue weighted by molar-refractivity contribution is 0.0692. The molecule has 0 spiro atoms. The molecule has 0 saturated carbocycles. The molecule has 2 aromatic carbocycles. The van der Waals surface area contributed by atoms with Crippen LogP contribution in [-0.2, 0) is 0 Å².